The number of hydrogen-bond acceptors (Lipinski definition) is 7. The normalized spacial score (nSPS) is 11.6. The van der Waals surface area contributed by atoms with Crippen LogP contribution in [0.2, 0.25) is 0 Å². The van der Waals surface area contributed by atoms with E-state index >= 15 is 0 Å². The first-order valence-corrected chi connectivity index (χ1v) is 10.3. The van der Waals surface area contributed by atoms with Gasteiger partial charge >= 0.3 is 11.7 Å². The molecule has 176 valence electrons. The molecule has 1 N–H and O–H groups in total. The zero-order chi connectivity index (χ0) is 25.1. The van der Waals surface area contributed by atoms with Gasteiger partial charge in [-0.15, -0.1) is 0 Å². The summed E-state index contributed by atoms with van der Waals surface area (Å²) in [7, 11) is 0. The number of aromatic nitrogens is 2. The summed E-state index contributed by atoms with van der Waals surface area (Å²) in [5.74, 6) is -2.82. The third kappa shape index (κ3) is 4.74. The second kappa shape index (κ2) is 9.51. The first kappa shape index (κ1) is 23.2. The quantitative estimate of drug-likeness (QED) is 0.255. The van der Waals surface area contributed by atoms with Crippen LogP contribution in [-0.2, 0) is 9.53 Å². The second-order valence-corrected chi connectivity index (χ2v) is 7.41. The average Bonchev–Trinajstić information content (AvgIpc) is 2.85. The molecule has 0 spiro atoms. The number of carbonyl (C=O) groups excluding carboxylic acids is 2. The Morgan fingerprint density at radius 1 is 1.06 bits per heavy atom. The smallest absolute Gasteiger partial charge is 0.360 e. The number of para-hydroxylation sites is 1. The van der Waals surface area contributed by atoms with Gasteiger partial charge in [-0.1, -0.05) is 36.4 Å². The van der Waals surface area contributed by atoms with E-state index in [1.54, 1.807) is 48.5 Å². The monoisotopic (exact) mass is 476 g/mol. The second-order valence-electron chi connectivity index (χ2n) is 7.41. The Hall–Kier alpha value is -4.93. The van der Waals surface area contributed by atoms with Crippen LogP contribution in [0.5, 0.6) is 0 Å². The summed E-state index contributed by atoms with van der Waals surface area (Å²) < 4.78 is 19.9. The third-order valence-corrected chi connectivity index (χ3v) is 5.06. The van der Waals surface area contributed by atoms with Crippen LogP contribution < -0.4 is 10.9 Å². The molecule has 0 fully saturated rings. The van der Waals surface area contributed by atoms with E-state index in [0.717, 1.165) is 22.9 Å². The standard InChI is InChI=1S/C24H17FN4O6/c1-14(22(30)26-15-11-12-19(25)20(13-15)29(33)34)35-24(32)21-17-9-5-6-10-18(17)23(31)28(27-21)16-7-3-2-4-8-16/h2-14H,1H3,(H,26,30). The predicted octanol–water partition coefficient (Wildman–Crippen LogP) is 3.62. The van der Waals surface area contributed by atoms with Crippen molar-refractivity contribution in [2.75, 3.05) is 5.32 Å². The molecule has 35 heavy (non-hydrogen) atoms. The third-order valence-electron chi connectivity index (χ3n) is 5.06. The van der Waals surface area contributed by atoms with Crippen LogP contribution in [0.15, 0.2) is 77.6 Å². The Morgan fingerprint density at radius 2 is 1.71 bits per heavy atom. The molecule has 4 aromatic rings. The lowest BCUT2D eigenvalue weighted by molar-refractivity contribution is -0.387. The number of amides is 1. The van der Waals surface area contributed by atoms with Gasteiger partial charge in [-0.25, -0.2) is 4.79 Å². The molecular formula is C24H17FN4O6. The number of nitro benzene ring substituents is 1. The number of esters is 1. The molecule has 3 aromatic carbocycles. The van der Waals surface area contributed by atoms with E-state index in [4.69, 9.17) is 4.74 Å². The highest BCUT2D eigenvalue weighted by Crippen LogP contribution is 2.22. The fourth-order valence-electron chi connectivity index (χ4n) is 3.33. The van der Waals surface area contributed by atoms with E-state index in [9.17, 15) is 28.9 Å². The van der Waals surface area contributed by atoms with Gasteiger partial charge in [-0.2, -0.15) is 14.2 Å². The van der Waals surface area contributed by atoms with E-state index in [0.29, 0.717) is 5.69 Å². The van der Waals surface area contributed by atoms with Crippen LogP contribution >= 0.6 is 0 Å². The van der Waals surface area contributed by atoms with E-state index in [1.165, 1.54) is 13.0 Å². The summed E-state index contributed by atoms with van der Waals surface area (Å²) >= 11 is 0. The van der Waals surface area contributed by atoms with Crippen molar-refractivity contribution in [1.29, 1.82) is 0 Å². The molecule has 0 saturated carbocycles. The summed E-state index contributed by atoms with van der Waals surface area (Å²) in [5.41, 5.74) is -1.05. The summed E-state index contributed by atoms with van der Waals surface area (Å²) in [6.45, 7) is 1.29. The minimum atomic E-state index is -1.34. The van der Waals surface area contributed by atoms with E-state index in [2.05, 4.69) is 10.4 Å². The number of rotatable bonds is 6. The Kier molecular flexibility index (Phi) is 6.32. The van der Waals surface area contributed by atoms with Crippen molar-refractivity contribution in [3.63, 3.8) is 0 Å². The number of halogens is 1. The molecule has 0 aliphatic heterocycles. The number of hydrogen-bond donors (Lipinski definition) is 1. The minimum absolute atomic E-state index is 0.0489. The van der Waals surface area contributed by atoms with Crippen molar-refractivity contribution in [2.45, 2.75) is 13.0 Å². The van der Waals surface area contributed by atoms with Gasteiger partial charge in [0.2, 0.25) is 5.82 Å². The predicted molar refractivity (Wildman–Crippen MR) is 124 cm³/mol. The number of fused-ring (bicyclic) bond motifs is 1. The first-order chi connectivity index (χ1) is 16.8. The van der Waals surface area contributed by atoms with Crippen molar-refractivity contribution >= 4 is 34.0 Å². The van der Waals surface area contributed by atoms with Crippen LogP contribution in [0.25, 0.3) is 16.5 Å². The molecular weight excluding hydrogens is 459 g/mol. The summed E-state index contributed by atoms with van der Waals surface area (Å²) in [6, 6.07) is 17.7. The van der Waals surface area contributed by atoms with Gasteiger partial charge in [-0.3, -0.25) is 19.7 Å². The zero-order valence-electron chi connectivity index (χ0n) is 18.2. The summed E-state index contributed by atoms with van der Waals surface area (Å²) in [6.07, 6.45) is -1.34. The largest absolute Gasteiger partial charge is 0.448 e. The van der Waals surface area contributed by atoms with Gasteiger partial charge in [0.1, 0.15) is 0 Å². The maximum Gasteiger partial charge on any atom is 0.360 e. The zero-order valence-corrected chi connectivity index (χ0v) is 18.2. The molecule has 10 nitrogen and oxygen atoms in total. The number of benzene rings is 3. The molecule has 0 saturated heterocycles. The van der Waals surface area contributed by atoms with Crippen molar-refractivity contribution in [3.8, 4) is 5.69 Å². The highest BCUT2D eigenvalue weighted by Gasteiger charge is 2.24. The number of nitrogens with zero attached hydrogens (tertiary/aromatic N) is 3. The van der Waals surface area contributed by atoms with Gasteiger partial charge in [0.25, 0.3) is 11.5 Å². The van der Waals surface area contributed by atoms with Crippen LogP contribution in [0.3, 0.4) is 0 Å². The molecule has 0 bridgehead atoms. The van der Waals surface area contributed by atoms with Crippen molar-refractivity contribution in [1.82, 2.24) is 9.78 Å². The molecule has 1 unspecified atom stereocenters. The Balaban J connectivity index is 1.62. The van der Waals surface area contributed by atoms with Crippen molar-refractivity contribution < 1.29 is 23.6 Å². The molecule has 1 aromatic heterocycles. The first-order valence-electron chi connectivity index (χ1n) is 10.3. The maximum absolute atomic E-state index is 13.5. The molecule has 0 aliphatic carbocycles. The molecule has 0 radical (unpaired) electrons. The number of nitro groups is 1. The molecule has 1 amide bonds. The van der Waals surface area contributed by atoms with E-state index in [1.807, 2.05) is 0 Å². The fourth-order valence-corrected chi connectivity index (χ4v) is 3.33. The SMILES string of the molecule is CC(OC(=O)c1nn(-c2ccccc2)c(=O)c2ccccc12)C(=O)Nc1ccc(F)c([N+](=O)[O-])c1. The van der Waals surface area contributed by atoms with Gasteiger partial charge in [-0.05, 0) is 37.3 Å². The van der Waals surface area contributed by atoms with E-state index < -0.39 is 40.0 Å². The lowest BCUT2D eigenvalue weighted by atomic mass is 10.1. The highest BCUT2D eigenvalue weighted by atomic mass is 19.1. The number of ether oxygens (including phenoxy) is 1. The molecule has 4 rings (SSSR count). The van der Waals surface area contributed by atoms with Gasteiger partial charge in [0.05, 0.1) is 16.0 Å². The lowest BCUT2D eigenvalue weighted by Crippen LogP contribution is -2.31. The maximum atomic E-state index is 13.5. The average molecular weight is 476 g/mol. The van der Waals surface area contributed by atoms with Gasteiger partial charge < -0.3 is 10.1 Å². The highest BCUT2D eigenvalue weighted by molar-refractivity contribution is 6.03. The topological polar surface area (TPSA) is 133 Å². The van der Waals surface area contributed by atoms with Crippen LogP contribution in [0.1, 0.15) is 17.4 Å². The van der Waals surface area contributed by atoms with E-state index in [-0.39, 0.29) is 22.2 Å². The van der Waals surface area contributed by atoms with Crippen molar-refractivity contribution in [3.05, 3.63) is 105 Å². The fraction of sp³-hybridized carbons (Fsp3) is 0.0833. The summed E-state index contributed by atoms with van der Waals surface area (Å²) in [4.78, 5) is 48.4. The minimum Gasteiger partial charge on any atom is -0.448 e. The van der Waals surface area contributed by atoms with Crippen LogP contribution in [0.4, 0.5) is 15.8 Å². The van der Waals surface area contributed by atoms with Crippen molar-refractivity contribution in [2.24, 2.45) is 0 Å². The van der Waals surface area contributed by atoms with Crippen LogP contribution in [0, 0.1) is 15.9 Å². The lowest BCUT2D eigenvalue weighted by Gasteiger charge is -2.15. The molecule has 0 aliphatic rings. The summed E-state index contributed by atoms with van der Waals surface area (Å²) in [5, 5.41) is 17.9. The molecule has 1 heterocycles. The number of nitrogens with one attached hydrogen (secondary N) is 1. The Bertz CT molecular complexity index is 1520. The Labute approximate surface area is 196 Å². The molecule has 1 atom stereocenters. The van der Waals surface area contributed by atoms with Gasteiger partial charge in [0.15, 0.2) is 11.8 Å². The Morgan fingerprint density at radius 3 is 2.40 bits per heavy atom. The number of anilines is 1. The van der Waals surface area contributed by atoms with Crippen LogP contribution in [-0.4, -0.2) is 32.7 Å². The van der Waals surface area contributed by atoms with Gasteiger partial charge in [0, 0.05) is 17.1 Å². The number of carbonyl (C=O) groups is 2. The molecule has 11 heteroatoms.